The molecular weight excluding hydrogens is 337 g/mol. The lowest BCUT2D eigenvalue weighted by molar-refractivity contribution is -0.133. The molecule has 0 aromatic heterocycles. The summed E-state index contributed by atoms with van der Waals surface area (Å²) in [7, 11) is 0. The largest absolute Gasteiger partial charge is 0.377 e. The van der Waals surface area contributed by atoms with Crippen molar-refractivity contribution in [2.75, 3.05) is 52.4 Å². The molecule has 5 nitrogen and oxygen atoms in total. The van der Waals surface area contributed by atoms with Crippen molar-refractivity contribution >= 4 is 30.7 Å². The summed E-state index contributed by atoms with van der Waals surface area (Å²) in [5.74, 6) is 1.06. The van der Waals surface area contributed by atoms with Crippen molar-refractivity contribution in [1.82, 2.24) is 15.1 Å². The van der Waals surface area contributed by atoms with Crippen LogP contribution in [0.25, 0.3) is 0 Å². The average Bonchev–Trinajstić information content (AvgIpc) is 2.98. The minimum atomic E-state index is 0. The van der Waals surface area contributed by atoms with Crippen LogP contribution in [-0.4, -0.2) is 74.2 Å². The fraction of sp³-hybridized carbons (Fsp3) is 0.938. The second-order valence-electron chi connectivity index (χ2n) is 6.54. The fourth-order valence-corrected chi connectivity index (χ4v) is 3.08. The average molecular weight is 370 g/mol. The minimum Gasteiger partial charge on any atom is -0.377 e. The number of nitrogens with one attached hydrogen (secondary N) is 1. The van der Waals surface area contributed by atoms with Crippen LogP contribution in [0, 0.1) is 5.92 Å². The van der Waals surface area contributed by atoms with Crippen LogP contribution in [0.15, 0.2) is 0 Å². The first-order valence-corrected chi connectivity index (χ1v) is 8.47. The van der Waals surface area contributed by atoms with Gasteiger partial charge in [0.15, 0.2) is 0 Å². The van der Waals surface area contributed by atoms with E-state index >= 15 is 0 Å². The van der Waals surface area contributed by atoms with Crippen LogP contribution in [0.2, 0.25) is 0 Å². The maximum atomic E-state index is 12.2. The number of amides is 1. The molecule has 1 amide bonds. The Morgan fingerprint density at radius 1 is 1.22 bits per heavy atom. The first-order valence-electron chi connectivity index (χ1n) is 8.47. The molecule has 2 aliphatic heterocycles. The molecule has 2 heterocycles. The van der Waals surface area contributed by atoms with Crippen molar-refractivity contribution in [3.05, 3.63) is 0 Å². The molecule has 0 aliphatic carbocycles. The van der Waals surface area contributed by atoms with Gasteiger partial charge in [-0.25, -0.2) is 0 Å². The summed E-state index contributed by atoms with van der Waals surface area (Å²) in [6, 6.07) is 0. The zero-order chi connectivity index (χ0) is 15.1. The quantitative estimate of drug-likeness (QED) is 0.742. The number of rotatable bonds is 7. The number of piperazine rings is 1. The number of carbonyl (C=O) groups excluding carboxylic acids is 1. The van der Waals surface area contributed by atoms with E-state index in [2.05, 4.69) is 24.1 Å². The van der Waals surface area contributed by atoms with Gasteiger partial charge in [0.05, 0.1) is 12.7 Å². The monoisotopic (exact) mass is 369 g/mol. The summed E-state index contributed by atoms with van der Waals surface area (Å²) in [5, 5.41) is 3.37. The van der Waals surface area contributed by atoms with Crippen molar-refractivity contribution in [2.24, 2.45) is 5.92 Å². The van der Waals surface area contributed by atoms with Crippen molar-refractivity contribution < 1.29 is 9.53 Å². The van der Waals surface area contributed by atoms with E-state index in [1.54, 1.807) is 0 Å². The Kier molecular flexibility index (Phi) is 12.3. The number of hydrogen-bond donors (Lipinski definition) is 1. The molecule has 2 fully saturated rings. The normalized spacial score (nSPS) is 21.9. The van der Waals surface area contributed by atoms with Crippen LogP contribution in [-0.2, 0) is 9.53 Å². The third-order valence-corrected chi connectivity index (χ3v) is 4.51. The smallest absolute Gasteiger partial charge is 0.222 e. The van der Waals surface area contributed by atoms with Gasteiger partial charge < -0.3 is 15.0 Å². The summed E-state index contributed by atoms with van der Waals surface area (Å²) >= 11 is 0. The maximum Gasteiger partial charge on any atom is 0.222 e. The molecule has 0 spiro atoms. The Labute approximate surface area is 153 Å². The number of halogens is 2. The standard InChI is InChI=1S/C16H31N3O2.2ClH/c1-14(2)21-12-11-18-7-9-19(10-8-18)16(20)4-3-15-5-6-17-13-15;;/h14-15,17H,3-13H2,1-2H3;2*1H. The second kappa shape index (κ2) is 12.3. The predicted octanol–water partition coefficient (Wildman–Crippen LogP) is 1.79. The molecule has 23 heavy (non-hydrogen) atoms. The van der Waals surface area contributed by atoms with E-state index in [4.69, 9.17) is 4.74 Å². The van der Waals surface area contributed by atoms with Crippen molar-refractivity contribution in [3.63, 3.8) is 0 Å². The second-order valence-corrected chi connectivity index (χ2v) is 6.54. The first kappa shape index (κ1) is 22.9. The Morgan fingerprint density at radius 2 is 1.91 bits per heavy atom. The van der Waals surface area contributed by atoms with E-state index in [0.29, 0.717) is 17.9 Å². The van der Waals surface area contributed by atoms with Gasteiger partial charge >= 0.3 is 0 Å². The molecule has 2 aliphatic rings. The lowest BCUT2D eigenvalue weighted by atomic mass is 10.0. The molecule has 7 heteroatoms. The molecule has 1 atom stereocenters. The van der Waals surface area contributed by atoms with Gasteiger partial charge in [0, 0.05) is 39.1 Å². The third kappa shape index (κ3) is 8.54. The van der Waals surface area contributed by atoms with Crippen molar-refractivity contribution in [1.29, 1.82) is 0 Å². The Morgan fingerprint density at radius 3 is 2.48 bits per heavy atom. The van der Waals surface area contributed by atoms with Gasteiger partial charge in [0.1, 0.15) is 0 Å². The van der Waals surface area contributed by atoms with Crippen molar-refractivity contribution in [3.8, 4) is 0 Å². The Balaban J connectivity index is 0.00000242. The molecular formula is C16H33Cl2N3O2. The van der Waals surface area contributed by atoms with E-state index in [1.165, 1.54) is 6.42 Å². The topological polar surface area (TPSA) is 44.8 Å². The molecule has 0 aromatic rings. The number of carbonyl (C=O) groups is 1. The van der Waals surface area contributed by atoms with E-state index < -0.39 is 0 Å². The van der Waals surface area contributed by atoms with Gasteiger partial charge in [-0.1, -0.05) is 0 Å². The zero-order valence-corrected chi connectivity index (χ0v) is 16.1. The molecule has 0 bridgehead atoms. The first-order chi connectivity index (χ1) is 10.1. The zero-order valence-electron chi connectivity index (χ0n) is 14.5. The third-order valence-electron chi connectivity index (χ3n) is 4.51. The van der Waals surface area contributed by atoms with Crippen LogP contribution < -0.4 is 5.32 Å². The molecule has 0 radical (unpaired) electrons. The highest BCUT2D eigenvalue weighted by Crippen LogP contribution is 2.15. The summed E-state index contributed by atoms with van der Waals surface area (Å²) in [6.45, 7) is 11.8. The predicted molar refractivity (Wildman–Crippen MR) is 98.8 cm³/mol. The molecule has 0 saturated carbocycles. The van der Waals surface area contributed by atoms with Gasteiger partial charge in [-0.3, -0.25) is 9.69 Å². The van der Waals surface area contributed by atoms with E-state index in [0.717, 1.165) is 65.3 Å². The van der Waals surface area contributed by atoms with Crippen molar-refractivity contribution in [2.45, 2.75) is 39.2 Å². The number of hydrogen-bond acceptors (Lipinski definition) is 4. The molecule has 2 saturated heterocycles. The highest BCUT2D eigenvalue weighted by molar-refractivity contribution is 5.85. The van der Waals surface area contributed by atoms with Crippen LogP contribution in [0.5, 0.6) is 0 Å². The molecule has 138 valence electrons. The SMILES string of the molecule is CC(C)OCCN1CCN(C(=O)CCC2CCNC2)CC1.Cl.Cl. The van der Waals surface area contributed by atoms with Gasteiger partial charge in [0.2, 0.25) is 5.91 Å². The van der Waals surface area contributed by atoms with E-state index in [9.17, 15) is 4.79 Å². The van der Waals surface area contributed by atoms with Gasteiger partial charge in [-0.05, 0) is 45.7 Å². The van der Waals surface area contributed by atoms with Gasteiger partial charge in [0.25, 0.3) is 0 Å². The summed E-state index contributed by atoms with van der Waals surface area (Å²) in [5.41, 5.74) is 0. The lowest BCUT2D eigenvalue weighted by Crippen LogP contribution is -2.49. The van der Waals surface area contributed by atoms with E-state index in [1.807, 2.05) is 4.90 Å². The highest BCUT2D eigenvalue weighted by Gasteiger charge is 2.22. The molecule has 2 rings (SSSR count). The molecule has 1 N–H and O–H groups in total. The fourth-order valence-electron chi connectivity index (χ4n) is 3.08. The van der Waals surface area contributed by atoms with Crippen LogP contribution in [0.1, 0.15) is 33.1 Å². The summed E-state index contributed by atoms with van der Waals surface area (Å²) in [6.07, 6.45) is 3.31. The highest BCUT2D eigenvalue weighted by atomic mass is 35.5. The lowest BCUT2D eigenvalue weighted by Gasteiger charge is -2.35. The summed E-state index contributed by atoms with van der Waals surface area (Å²) in [4.78, 5) is 16.7. The summed E-state index contributed by atoms with van der Waals surface area (Å²) < 4.78 is 5.59. The Hall–Kier alpha value is -0.0700. The number of nitrogens with zero attached hydrogens (tertiary/aromatic N) is 2. The maximum absolute atomic E-state index is 12.2. The molecule has 1 unspecified atom stereocenters. The van der Waals surface area contributed by atoms with E-state index in [-0.39, 0.29) is 24.8 Å². The Bertz CT molecular complexity index is 318. The van der Waals surface area contributed by atoms with Crippen LogP contribution >= 0.6 is 24.8 Å². The number of ether oxygens (including phenoxy) is 1. The molecule has 0 aromatic carbocycles. The van der Waals surface area contributed by atoms with Crippen LogP contribution in [0.4, 0.5) is 0 Å². The van der Waals surface area contributed by atoms with Gasteiger partial charge in [-0.15, -0.1) is 24.8 Å². The minimum absolute atomic E-state index is 0. The van der Waals surface area contributed by atoms with Crippen LogP contribution in [0.3, 0.4) is 0 Å². The van der Waals surface area contributed by atoms with Gasteiger partial charge in [-0.2, -0.15) is 0 Å².